The Morgan fingerprint density at radius 3 is 2.26 bits per heavy atom. The van der Waals surface area contributed by atoms with Gasteiger partial charge in [-0.2, -0.15) is 0 Å². The number of nitrogens with one attached hydrogen (secondary N) is 1. The Morgan fingerprint density at radius 1 is 0.926 bits per heavy atom. The number of rotatable bonds is 5. The molecule has 0 unspecified atom stereocenters. The van der Waals surface area contributed by atoms with E-state index in [1.54, 1.807) is 4.90 Å². The molecule has 1 heterocycles. The molecule has 0 atom stereocenters. The number of aryl methyl sites for hydroxylation is 2. The predicted molar refractivity (Wildman–Crippen MR) is 108 cm³/mol. The first-order chi connectivity index (χ1) is 13.0. The van der Waals surface area contributed by atoms with E-state index in [0.29, 0.717) is 19.6 Å². The summed E-state index contributed by atoms with van der Waals surface area (Å²) in [7, 11) is 0. The molecule has 142 valence electrons. The second-order valence-electron chi connectivity index (χ2n) is 7.15. The minimum absolute atomic E-state index is 0.0870. The molecule has 1 saturated heterocycles. The van der Waals surface area contributed by atoms with Gasteiger partial charge in [0.25, 0.3) is 0 Å². The average Bonchev–Trinajstić information content (AvgIpc) is 2.66. The van der Waals surface area contributed by atoms with Crippen molar-refractivity contribution < 1.29 is 9.59 Å². The van der Waals surface area contributed by atoms with E-state index in [-0.39, 0.29) is 18.2 Å². The van der Waals surface area contributed by atoms with E-state index in [4.69, 9.17) is 0 Å². The molecule has 1 aliphatic heterocycles. The van der Waals surface area contributed by atoms with Gasteiger partial charge in [-0.25, -0.2) is 0 Å². The van der Waals surface area contributed by atoms with Crippen LogP contribution in [0.15, 0.2) is 48.5 Å². The number of hydrogen-bond acceptors (Lipinski definition) is 3. The summed E-state index contributed by atoms with van der Waals surface area (Å²) >= 11 is 0. The van der Waals surface area contributed by atoms with E-state index in [1.807, 2.05) is 31.2 Å². The van der Waals surface area contributed by atoms with Gasteiger partial charge in [0.15, 0.2) is 0 Å². The van der Waals surface area contributed by atoms with Crippen LogP contribution in [0, 0.1) is 13.8 Å². The smallest absolute Gasteiger partial charge is 0.232 e. The topological polar surface area (TPSA) is 52.7 Å². The van der Waals surface area contributed by atoms with E-state index >= 15 is 0 Å². The van der Waals surface area contributed by atoms with Gasteiger partial charge in [0.2, 0.25) is 11.8 Å². The van der Waals surface area contributed by atoms with Crippen LogP contribution in [0.5, 0.6) is 0 Å². The van der Waals surface area contributed by atoms with Crippen molar-refractivity contribution in [3.05, 3.63) is 65.2 Å². The summed E-state index contributed by atoms with van der Waals surface area (Å²) in [5.74, 6) is -0.316. The molecule has 2 amide bonds. The SMILES string of the molecule is Cc1cccc(CNC(=O)CC(=O)N2CCN(c3cccc(C)c3)CC2)c1. The van der Waals surface area contributed by atoms with E-state index in [1.165, 1.54) is 11.3 Å². The lowest BCUT2D eigenvalue weighted by atomic mass is 10.1. The molecule has 0 aromatic heterocycles. The van der Waals surface area contributed by atoms with E-state index in [2.05, 4.69) is 41.4 Å². The lowest BCUT2D eigenvalue weighted by Gasteiger charge is -2.36. The number of piperazine rings is 1. The van der Waals surface area contributed by atoms with Gasteiger partial charge in [-0.15, -0.1) is 0 Å². The van der Waals surface area contributed by atoms with E-state index in [0.717, 1.165) is 24.2 Å². The predicted octanol–water partition coefficient (Wildman–Crippen LogP) is 2.66. The van der Waals surface area contributed by atoms with Crippen molar-refractivity contribution in [2.75, 3.05) is 31.1 Å². The normalized spacial score (nSPS) is 14.1. The fraction of sp³-hybridized carbons (Fsp3) is 0.364. The van der Waals surface area contributed by atoms with Crippen molar-refractivity contribution in [3.8, 4) is 0 Å². The molecule has 1 fully saturated rings. The van der Waals surface area contributed by atoms with Gasteiger partial charge in [-0.3, -0.25) is 9.59 Å². The Balaban J connectivity index is 1.44. The molecule has 0 saturated carbocycles. The third-order valence-electron chi connectivity index (χ3n) is 4.88. The summed E-state index contributed by atoms with van der Waals surface area (Å²) in [4.78, 5) is 28.6. The van der Waals surface area contributed by atoms with E-state index < -0.39 is 0 Å². The lowest BCUT2D eigenvalue weighted by molar-refractivity contribution is -0.136. The van der Waals surface area contributed by atoms with Gasteiger partial charge < -0.3 is 15.1 Å². The maximum atomic E-state index is 12.4. The van der Waals surface area contributed by atoms with Crippen LogP contribution in [-0.4, -0.2) is 42.9 Å². The maximum Gasteiger partial charge on any atom is 0.232 e. The molecular formula is C22H27N3O2. The number of benzene rings is 2. The van der Waals surface area contributed by atoms with Gasteiger partial charge in [0.1, 0.15) is 6.42 Å². The average molecular weight is 365 g/mol. The highest BCUT2D eigenvalue weighted by atomic mass is 16.2. The molecule has 27 heavy (non-hydrogen) atoms. The van der Waals surface area contributed by atoms with Crippen LogP contribution in [0.4, 0.5) is 5.69 Å². The molecule has 1 aliphatic rings. The van der Waals surface area contributed by atoms with Gasteiger partial charge in [-0.1, -0.05) is 42.0 Å². The highest BCUT2D eigenvalue weighted by Crippen LogP contribution is 2.18. The van der Waals surface area contributed by atoms with Gasteiger partial charge >= 0.3 is 0 Å². The Labute approximate surface area is 161 Å². The zero-order valence-electron chi connectivity index (χ0n) is 16.1. The fourth-order valence-corrected chi connectivity index (χ4v) is 3.37. The molecular weight excluding hydrogens is 338 g/mol. The Morgan fingerprint density at radius 2 is 1.59 bits per heavy atom. The Bertz CT molecular complexity index is 811. The molecule has 0 spiro atoms. The van der Waals surface area contributed by atoms with Crippen molar-refractivity contribution in [2.45, 2.75) is 26.8 Å². The Kier molecular flexibility index (Phi) is 6.12. The third kappa shape index (κ3) is 5.33. The van der Waals surface area contributed by atoms with Gasteiger partial charge in [0, 0.05) is 38.4 Å². The second kappa shape index (κ2) is 8.71. The zero-order valence-corrected chi connectivity index (χ0v) is 16.1. The first kappa shape index (κ1) is 19.0. The summed E-state index contributed by atoms with van der Waals surface area (Å²) in [6.45, 7) is 7.44. The minimum atomic E-state index is -0.220. The zero-order chi connectivity index (χ0) is 19.2. The first-order valence-corrected chi connectivity index (χ1v) is 9.43. The quantitative estimate of drug-likeness (QED) is 0.829. The molecule has 2 aromatic carbocycles. The van der Waals surface area contributed by atoms with Crippen LogP contribution in [0.2, 0.25) is 0 Å². The van der Waals surface area contributed by atoms with Crippen LogP contribution >= 0.6 is 0 Å². The van der Waals surface area contributed by atoms with Gasteiger partial charge in [0.05, 0.1) is 0 Å². The third-order valence-corrected chi connectivity index (χ3v) is 4.88. The maximum absolute atomic E-state index is 12.4. The first-order valence-electron chi connectivity index (χ1n) is 9.43. The number of carbonyl (C=O) groups excluding carboxylic acids is 2. The van der Waals surface area contributed by atoms with Crippen molar-refractivity contribution in [3.63, 3.8) is 0 Å². The van der Waals surface area contributed by atoms with Crippen LogP contribution < -0.4 is 10.2 Å². The molecule has 5 heteroatoms. The van der Waals surface area contributed by atoms with Crippen molar-refractivity contribution >= 4 is 17.5 Å². The second-order valence-corrected chi connectivity index (χ2v) is 7.15. The number of carbonyl (C=O) groups is 2. The minimum Gasteiger partial charge on any atom is -0.368 e. The van der Waals surface area contributed by atoms with Crippen molar-refractivity contribution in [1.29, 1.82) is 0 Å². The number of anilines is 1. The Hall–Kier alpha value is -2.82. The summed E-state index contributed by atoms with van der Waals surface area (Å²) < 4.78 is 0. The molecule has 1 N–H and O–H groups in total. The summed E-state index contributed by atoms with van der Waals surface area (Å²) in [6.07, 6.45) is -0.0870. The molecule has 2 aromatic rings. The van der Waals surface area contributed by atoms with Crippen LogP contribution in [0.3, 0.4) is 0 Å². The molecule has 3 rings (SSSR count). The standard InChI is InChI=1S/C22H27N3O2/c1-17-5-3-7-19(13-17)16-23-21(26)15-22(27)25-11-9-24(10-12-25)20-8-4-6-18(2)14-20/h3-8,13-14H,9-12,15-16H2,1-2H3,(H,23,26). The molecule has 5 nitrogen and oxygen atoms in total. The molecule has 0 bridgehead atoms. The monoisotopic (exact) mass is 365 g/mol. The fourth-order valence-electron chi connectivity index (χ4n) is 3.37. The molecule has 0 aliphatic carbocycles. The summed E-state index contributed by atoms with van der Waals surface area (Å²) in [5.41, 5.74) is 4.63. The van der Waals surface area contributed by atoms with E-state index in [9.17, 15) is 9.59 Å². The number of nitrogens with zero attached hydrogens (tertiary/aromatic N) is 2. The van der Waals surface area contributed by atoms with Crippen LogP contribution in [0.25, 0.3) is 0 Å². The number of hydrogen-bond donors (Lipinski definition) is 1. The van der Waals surface area contributed by atoms with Crippen LogP contribution in [0.1, 0.15) is 23.1 Å². The molecule has 0 radical (unpaired) electrons. The lowest BCUT2D eigenvalue weighted by Crippen LogP contribution is -2.49. The summed E-state index contributed by atoms with van der Waals surface area (Å²) in [6, 6.07) is 16.4. The largest absolute Gasteiger partial charge is 0.368 e. The van der Waals surface area contributed by atoms with Crippen molar-refractivity contribution in [1.82, 2.24) is 10.2 Å². The number of amides is 2. The highest BCUT2D eigenvalue weighted by Gasteiger charge is 2.22. The summed E-state index contributed by atoms with van der Waals surface area (Å²) in [5, 5.41) is 2.84. The van der Waals surface area contributed by atoms with Crippen molar-refractivity contribution in [2.24, 2.45) is 0 Å². The highest BCUT2D eigenvalue weighted by molar-refractivity contribution is 5.96. The van der Waals surface area contributed by atoms with Crippen LogP contribution in [-0.2, 0) is 16.1 Å². The van der Waals surface area contributed by atoms with Gasteiger partial charge in [-0.05, 0) is 37.1 Å².